The predicted molar refractivity (Wildman–Crippen MR) is 70.8 cm³/mol. The highest BCUT2D eigenvalue weighted by Crippen LogP contribution is 2.11. The normalized spacial score (nSPS) is 11.2. The van der Waals surface area contributed by atoms with Crippen LogP contribution in [0.5, 0.6) is 0 Å². The van der Waals surface area contributed by atoms with E-state index in [9.17, 15) is 8.42 Å². The summed E-state index contributed by atoms with van der Waals surface area (Å²) in [6, 6.07) is 8.20. The number of aromatic nitrogens is 3. The molecule has 0 spiro atoms. The van der Waals surface area contributed by atoms with Crippen LogP contribution in [0.1, 0.15) is 11.4 Å². The molecular weight excluding hydrogens is 278 g/mol. The average molecular weight is 291 g/mol. The Bertz CT molecular complexity index is 728. The zero-order chi connectivity index (χ0) is 14.6. The lowest BCUT2D eigenvalue weighted by Gasteiger charge is -2.05. The van der Waals surface area contributed by atoms with E-state index in [1.165, 1.54) is 23.1 Å². The van der Waals surface area contributed by atoms with Crippen LogP contribution in [0.2, 0.25) is 0 Å². The molecule has 0 amide bonds. The van der Waals surface area contributed by atoms with E-state index >= 15 is 0 Å². The number of sulfonamides is 1. The monoisotopic (exact) mass is 291 g/mol. The van der Waals surface area contributed by atoms with E-state index in [1.807, 2.05) is 6.07 Å². The number of benzene rings is 1. The van der Waals surface area contributed by atoms with E-state index in [1.54, 1.807) is 19.2 Å². The number of aryl methyl sites for hydroxylation is 1. The smallest absolute Gasteiger partial charge is 0.240 e. The minimum absolute atomic E-state index is 0.0309. The van der Waals surface area contributed by atoms with Crippen LogP contribution in [0.3, 0.4) is 0 Å². The van der Waals surface area contributed by atoms with Gasteiger partial charge >= 0.3 is 0 Å². The zero-order valence-electron chi connectivity index (χ0n) is 10.8. The Morgan fingerprint density at radius 3 is 2.60 bits per heavy atom. The summed E-state index contributed by atoms with van der Waals surface area (Å²) in [7, 11) is -1.90. The van der Waals surface area contributed by atoms with E-state index in [4.69, 9.17) is 5.26 Å². The summed E-state index contributed by atoms with van der Waals surface area (Å²) in [4.78, 5) is 4.09. The third kappa shape index (κ3) is 3.40. The first-order valence-electron chi connectivity index (χ1n) is 5.81. The fraction of sp³-hybridized carbons (Fsp3) is 0.250. The highest BCUT2D eigenvalue weighted by molar-refractivity contribution is 7.89. The van der Waals surface area contributed by atoms with Gasteiger partial charge in [-0.15, -0.1) is 0 Å². The number of hydrogen-bond donors (Lipinski definition) is 1. The molecule has 0 radical (unpaired) electrons. The second-order valence-electron chi connectivity index (χ2n) is 4.14. The summed E-state index contributed by atoms with van der Waals surface area (Å²) in [5.41, 5.74) is 0.776. The molecule has 104 valence electrons. The summed E-state index contributed by atoms with van der Waals surface area (Å²) in [5.74, 6) is 0.400. The van der Waals surface area contributed by atoms with Gasteiger partial charge in [0.2, 0.25) is 10.0 Å². The molecule has 0 unspecified atom stereocenters. The van der Waals surface area contributed by atoms with Crippen LogP contribution in [-0.4, -0.2) is 23.2 Å². The van der Waals surface area contributed by atoms with E-state index in [2.05, 4.69) is 14.8 Å². The fourth-order valence-corrected chi connectivity index (χ4v) is 2.57. The van der Waals surface area contributed by atoms with Crippen LogP contribution in [-0.2, 0) is 30.0 Å². The molecule has 7 nitrogen and oxygen atoms in total. The van der Waals surface area contributed by atoms with E-state index in [0.29, 0.717) is 5.82 Å². The molecule has 0 saturated carbocycles. The molecule has 2 rings (SSSR count). The standard InChI is InChI=1S/C12H13N5O2S/c1-17-9-14-12(16-17)8-15-20(18,19)11-4-2-10(3-5-11)6-7-13/h2-5,9,15H,6,8H2,1H3. The lowest BCUT2D eigenvalue weighted by Crippen LogP contribution is -2.23. The molecule has 1 aromatic carbocycles. The van der Waals surface area contributed by atoms with E-state index in [0.717, 1.165) is 5.56 Å². The van der Waals surface area contributed by atoms with Crippen molar-refractivity contribution in [2.75, 3.05) is 0 Å². The Kier molecular flexibility index (Phi) is 4.12. The fourth-order valence-electron chi connectivity index (χ4n) is 1.59. The van der Waals surface area contributed by atoms with Gasteiger partial charge in [0.1, 0.15) is 6.33 Å². The molecule has 0 aliphatic carbocycles. The quantitative estimate of drug-likeness (QED) is 0.857. The van der Waals surface area contributed by atoms with Gasteiger partial charge in [0.25, 0.3) is 0 Å². The van der Waals surface area contributed by atoms with Gasteiger partial charge in [-0.25, -0.2) is 18.1 Å². The minimum atomic E-state index is -3.60. The van der Waals surface area contributed by atoms with E-state index < -0.39 is 10.0 Å². The summed E-state index contributed by atoms with van der Waals surface area (Å²) in [6.45, 7) is 0.0309. The maximum atomic E-state index is 12.0. The van der Waals surface area contributed by atoms with Gasteiger partial charge in [0, 0.05) is 7.05 Å². The lowest BCUT2D eigenvalue weighted by atomic mass is 10.2. The highest BCUT2D eigenvalue weighted by Gasteiger charge is 2.14. The van der Waals surface area contributed by atoms with E-state index in [-0.39, 0.29) is 17.9 Å². The molecule has 0 bridgehead atoms. The van der Waals surface area contributed by atoms with Crippen LogP contribution >= 0.6 is 0 Å². The van der Waals surface area contributed by atoms with Gasteiger partial charge in [-0.3, -0.25) is 4.68 Å². The number of hydrogen-bond acceptors (Lipinski definition) is 5. The van der Waals surface area contributed by atoms with Crippen LogP contribution < -0.4 is 4.72 Å². The first-order valence-corrected chi connectivity index (χ1v) is 7.29. The van der Waals surface area contributed by atoms with Crippen molar-refractivity contribution in [1.29, 1.82) is 5.26 Å². The number of nitrogens with zero attached hydrogens (tertiary/aromatic N) is 4. The molecular formula is C12H13N5O2S. The SMILES string of the molecule is Cn1cnc(CNS(=O)(=O)c2ccc(CC#N)cc2)n1. The number of nitriles is 1. The Hall–Kier alpha value is -2.24. The number of rotatable bonds is 5. The first kappa shape index (κ1) is 14.2. The molecule has 1 aromatic heterocycles. The Labute approximate surface area is 116 Å². The summed E-state index contributed by atoms with van der Waals surface area (Å²) in [5, 5.41) is 12.6. The summed E-state index contributed by atoms with van der Waals surface area (Å²) >= 11 is 0. The van der Waals surface area contributed by atoms with Crippen LogP contribution in [0.15, 0.2) is 35.5 Å². The van der Waals surface area contributed by atoms with Crippen molar-refractivity contribution in [1.82, 2.24) is 19.5 Å². The molecule has 20 heavy (non-hydrogen) atoms. The van der Waals surface area contributed by atoms with Gasteiger partial charge in [0.15, 0.2) is 5.82 Å². The zero-order valence-corrected chi connectivity index (χ0v) is 11.6. The van der Waals surface area contributed by atoms with Gasteiger partial charge in [0.05, 0.1) is 23.9 Å². The van der Waals surface area contributed by atoms with Crippen molar-refractivity contribution in [3.05, 3.63) is 42.0 Å². The third-order valence-corrected chi connectivity index (χ3v) is 4.00. The van der Waals surface area contributed by atoms with Gasteiger partial charge < -0.3 is 0 Å². The molecule has 8 heteroatoms. The van der Waals surface area contributed by atoms with Crippen molar-refractivity contribution in [3.8, 4) is 6.07 Å². The van der Waals surface area contributed by atoms with Gasteiger partial charge in [-0.2, -0.15) is 10.4 Å². The molecule has 0 saturated heterocycles. The Morgan fingerprint density at radius 1 is 1.35 bits per heavy atom. The average Bonchev–Trinajstić information content (AvgIpc) is 2.84. The topological polar surface area (TPSA) is 101 Å². The first-order chi connectivity index (χ1) is 9.51. The third-order valence-electron chi connectivity index (χ3n) is 2.58. The summed E-state index contributed by atoms with van der Waals surface area (Å²) < 4.78 is 28.0. The second kappa shape index (κ2) is 5.81. The highest BCUT2D eigenvalue weighted by atomic mass is 32.2. The molecule has 0 aliphatic heterocycles. The molecule has 1 heterocycles. The Balaban J connectivity index is 2.08. The summed E-state index contributed by atoms with van der Waals surface area (Å²) in [6.07, 6.45) is 1.76. The molecule has 0 fully saturated rings. The van der Waals surface area contributed by atoms with Crippen LogP contribution in [0.25, 0.3) is 0 Å². The largest absolute Gasteiger partial charge is 0.256 e. The van der Waals surface area contributed by atoms with Crippen LogP contribution in [0.4, 0.5) is 0 Å². The lowest BCUT2D eigenvalue weighted by molar-refractivity contribution is 0.578. The van der Waals surface area contributed by atoms with Crippen molar-refractivity contribution in [2.24, 2.45) is 7.05 Å². The van der Waals surface area contributed by atoms with Gasteiger partial charge in [-0.05, 0) is 17.7 Å². The van der Waals surface area contributed by atoms with Gasteiger partial charge in [-0.1, -0.05) is 12.1 Å². The number of nitrogens with one attached hydrogen (secondary N) is 1. The van der Waals surface area contributed by atoms with Crippen LogP contribution in [0, 0.1) is 11.3 Å². The second-order valence-corrected chi connectivity index (χ2v) is 5.90. The van der Waals surface area contributed by atoms with Crippen molar-refractivity contribution < 1.29 is 8.42 Å². The van der Waals surface area contributed by atoms with Crippen molar-refractivity contribution >= 4 is 10.0 Å². The molecule has 1 N–H and O–H groups in total. The molecule has 2 aromatic rings. The van der Waals surface area contributed by atoms with Crippen molar-refractivity contribution in [3.63, 3.8) is 0 Å². The molecule has 0 aliphatic rings. The van der Waals surface area contributed by atoms with Crippen molar-refractivity contribution in [2.45, 2.75) is 17.9 Å². The Morgan fingerprint density at radius 2 is 2.05 bits per heavy atom. The maximum Gasteiger partial charge on any atom is 0.240 e. The maximum absolute atomic E-state index is 12.0. The molecule has 0 atom stereocenters. The predicted octanol–water partition coefficient (Wildman–Crippen LogP) is 0.360. The minimum Gasteiger partial charge on any atom is -0.256 e.